The molecule has 10 N–H and O–H groups in total. The number of nitrogen functional groups attached to an aromatic ring is 2. The van der Waals surface area contributed by atoms with Crippen molar-refractivity contribution >= 4 is 59.1 Å². The van der Waals surface area contributed by atoms with E-state index >= 15 is 0 Å². The van der Waals surface area contributed by atoms with Crippen molar-refractivity contribution in [2.24, 2.45) is 16.5 Å². The van der Waals surface area contributed by atoms with E-state index in [0.717, 1.165) is 0 Å². The number of phenolic OH excluding ortho intramolecular Hbond substituents is 2. The minimum absolute atomic E-state index is 0. The number of amides is 1. The number of phenols is 2. The third-order valence-corrected chi connectivity index (χ3v) is 4.86. The van der Waals surface area contributed by atoms with Gasteiger partial charge in [0.15, 0.2) is 34.2 Å². The first-order valence-electron chi connectivity index (χ1n) is 9.39. The first kappa shape index (κ1) is 26.8. The van der Waals surface area contributed by atoms with Crippen LogP contribution in [-0.2, 0) is 0 Å². The van der Waals surface area contributed by atoms with E-state index < -0.39 is 17.6 Å². The highest BCUT2D eigenvalue weighted by Gasteiger charge is 2.34. The molecule has 0 spiro atoms. The summed E-state index contributed by atoms with van der Waals surface area (Å²) in [6.45, 7) is 1.73. The van der Waals surface area contributed by atoms with Crippen LogP contribution in [0.25, 0.3) is 0 Å². The lowest BCUT2D eigenvalue weighted by Gasteiger charge is -2.19. The largest absolute Gasteiger partial charge is 0.507 e. The van der Waals surface area contributed by atoms with Crippen LogP contribution in [0, 0.1) is 6.92 Å². The summed E-state index contributed by atoms with van der Waals surface area (Å²) in [6, 6.07) is 7.36. The third kappa shape index (κ3) is 5.23. The van der Waals surface area contributed by atoms with Crippen molar-refractivity contribution in [3.8, 4) is 11.5 Å². The van der Waals surface area contributed by atoms with Gasteiger partial charge < -0.3 is 33.1 Å². The number of aromatic hydroxyl groups is 2. The molecule has 0 atom stereocenters. The van der Waals surface area contributed by atoms with Crippen molar-refractivity contribution in [2.45, 2.75) is 6.92 Å². The number of nitrogens with zero attached hydrogens (tertiary/aromatic N) is 3. The molecule has 1 aliphatic rings. The fourth-order valence-corrected chi connectivity index (χ4v) is 3.32. The molecule has 2 aromatic carbocycles. The number of aliphatic imine (C=N–C) groups is 1. The van der Waals surface area contributed by atoms with E-state index in [0.29, 0.717) is 5.56 Å². The van der Waals surface area contributed by atoms with Crippen molar-refractivity contribution in [2.75, 3.05) is 11.5 Å². The van der Waals surface area contributed by atoms with Gasteiger partial charge in [-0.05, 0) is 30.7 Å². The molecule has 12 nitrogen and oxygen atoms in total. The van der Waals surface area contributed by atoms with Gasteiger partial charge in [-0.15, -0.1) is 12.4 Å². The minimum atomic E-state index is -0.832. The van der Waals surface area contributed by atoms with Gasteiger partial charge in [-0.3, -0.25) is 14.4 Å². The van der Waals surface area contributed by atoms with Gasteiger partial charge in [0.1, 0.15) is 11.5 Å². The topological polar surface area (TPSA) is 234 Å². The van der Waals surface area contributed by atoms with Crippen LogP contribution in [0.15, 0.2) is 35.3 Å². The monoisotopic (exact) mass is 519 g/mol. The SMILES string of the molecule is Cc1cc(O)c2c(c1)C(=O)c1cccc(O)c1C2=O.Cl.NC(N)=NC(=O)c1nc(Cl)c(N)nc1N. The van der Waals surface area contributed by atoms with Gasteiger partial charge in [-0.1, -0.05) is 23.7 Å². The zero-order valence-corrected chi connectivity index (χ0v) is 19.5. The lowest BCUT2D eigenvalue weighted by Crippen LogP contribution is -2.24. The summed E-state index contributed by atoms with van der Waals surface area (Å²) in [7, 11) is 0. The van der Waals surface area contributed by atoms with E-state index in [1.807, 2.05) is 0 Å². The number of guanidine groups is 1. The van der Waals surface area contributed by atoms with Gasteiger partial charge >= 0.3 is 5.91 Å². The number of aryl methyl sites for hydroxylation is 1. The Morgan fingerprint density at radius 3 is 2.20 bits per heavy atom. The molecule has 14 heteroatoms. The lowest BCUT2D eigenvalue weighted by atomic mass is 9.82. The Balaban J connectivity index is 0.000000247. The lowest BCUT2D eigenvalue weighted by molar-refractivity contribution is 0.0974. The second kappa shape index (κ2) is 10.2. The number of hydrogen-bond acceptors (Lipinski definition) is 9. The Kier molecular flexibility index (Phi) is 7.85. The fourth-order valence-electron chi connectivity index (χ4n) is 3.19. The van der Waals surface area contributed by atoms with Gasteiger partial charge in [0.05, 0.1) is 11.1 Å². The minimum Gasteiger partial charge on any atom is -0.507 e. The van der Waals surface area contributed by atoms with E-state index in [1.165, 1.54) is 24.3 Å². The molecule has 0 aliphatic heterocycles. The van der Waals surface area contributed by atoms with E-state index in [1.54, 1.807) is 13.0 Å². The third-order valence-electron chi connectivity index (χ3n) is 4.59. The molecule has 182 valence electrons. The van der Waals surface area contributed by atoms with Crippen LogP contribution in [0.5, 0.6) is 11.5 Å². The van der Waals surface area contributed by atoms with Gasteiger partial charge in [0.25, 0.3) is 0 Å². The smallest absolute Gasteiger partial charge is 0.302 e. The Labute approximate surface area is 209 Å². The zero-order valence-electron chi connectivity index (χ0n) is 17.9. The van der Waals surface area contributed by atoms with Crippen LogP contribution in [-0.4, -0.2) is 43.6 Å². The number of carbonyl (C=O) groups excluding carboxylic acids is 3. The Hall–Kier alpha value is -4.42. The number of anilines is 2. The maximum Gasteiger partial charge on any atom is 0.302 e. The van der Waals surface area contributed by atoms with Crippen molar-refractivity contribution in [3.05, 3.63) is 69.0 Å². The second-order valence-corrected chi connectivity index (χ2v) is 7.40. The molecule has 0 fully saturated rings. The van der Waals surface area contributed by atoms with Crippen LogP contribution < -0.4 is 22.9 Å². The van der Waals surface area contributed by atoms with E-state index in [4.69, 9.17) is 34.5 Å². The van der Waals surface area contributed by atoms with Crippen molar-refractivity contribution in [1.29, 1.82) is 0 Å². The molecule has 0 saturated heterocycles. The van der Waals surface area contributed by atoms with E-state index in [-0.39, 0.29) is 74.4 Å². The molecule has 4 rings (SSSR count). The van der Waals surface area contributed by atoms with Crippen molar-refractivity contribution in [3.63, 3.8) is 0 Å². The summed E-state index contributed by atoms with van der Waals surface area (Å²) < 4.78 is 0. The first-order valence-corrected chi connectivity index (χ1v) is 9.77. The summed E-state index contributed by atoms with van der Waals surface area (Å²) in [5.41, 5.74) is 21.4. The highest BCUT2D eigenvalue weighted by molar-refractivity contribution is 6.32. The average molecular weight is 520 g/mol. The molecule has 35 heavy (non-hydrogen) atoms. The number of aromatic nitrogens is 2. The normalized spacial score (nSPS) is 11.3. The molecule has 3 aromatic rings. The Bertz CT molecular complexity index is 1410. The summed E-state index contributed by atoms with van der Waals surface area (Å²) in [4.78, 5) is 46.4. The van der Waals surface area contributed by atoms with Gasteiger partial charge in [-0.2, -0.15) is 4.99 Å². The summed E-state index contributed by atoms with van der Waals surface area (Å²) in [5.74, 6) is -2.87. The van der Waals surface area contributed by atoms with Crippen molar-refractivity contribution < 1.29 is 24.6 Å². The number of carbonyl (C=O) groups is 3. The zero-order chi connectivity index (χ0) is 25.3. The Morgan fingerprint density at radius 2 is 1.57 bits per heavy atom. The molecule has 1 heterocycles. The first-order chi connectivity index (χ1) is 15.9. The van der Waals surface area contributed by atoms with E-state index in [9.17, 15) is 24.6 Å². The fraction of sp³-hybridized carbons (Fsp3) is 0.0476. The summed E-state index contributed by atoms with van der Waals surface area (Å²) in [6.07, 6.45) is 0. The highest BCUT2D eigenvalue weighted by Crippen LogP contribution is 2.36. The van der Waals surface area contributed by atoms with Crippen LogP contribution >= 0.6 is 24.0 Å². The van der Waals surface area contributed by atoms with Crippen LogP contribution in [0.1, 0.15) is 47.9 Å². The molecule has 0 bridgehead atoms. The number of benzene rings is 2. The second-order valence-electron chi connectivity index (χ2n) is 7.04. The molecule has 0 unspecified atom stereocenters. The number of fused-ring (bicyclic) bond motifs is 2. The number of hydrogen-bond donors (Lipinski definition) is 6. The summed E-state index contributed by atoms with van der Waals surface area (Å²) in [5, 5.41) is 19.5. The maximum atomic E-state index is 12.3. The maximum absolute atomic E-state index is 12.3. The van der Waals surface area contributed by atoms with Gasteiger partial charge in [-0.25, -0.2) is 9.97 Å². The molecule has 0 saturated carbocycles. The van der Waals surface area contributed by atoms with E-state index in [2.05, 4.69) is 15.0 Å². The molecular formula is C21H19Cl2N7O5. The Morgan fingerprint density at radius 1 is 0.943 bits per heavy atom. The van der Waals surface area contributed by atoms with Crippen LogP contribution in [0.4, 0.5) is 11.6 Å². The predicted octanol–water partition coefficient (Wildman–Crippen LogP) is 1.31. The van der Waals surface area contributed by atoms with Crippen molar-refractivity contribution in [1.82, 2.24) is 9.97 Å². The van der Waals surface area contributed by atoms with Crippen LogP contribution in [0.2, 0.25) is 5.15 Å². The standard InChI is InChI=1S/C15H10O4.C6H8ClN7O.ClH/c1-7-5-9-13(11(17)6-7)15(19)12-8(14(9)18)3-2-4-10(12)16;7-2-4(9)13-3(8)1(12-2)5(15)14-6(10)11;/h2-6,16-17H,1H3;(H4,8,9,13)(H4,10,11,14,15);1H. The number of nitrogens with two attached hydrogens (primary N) is 4. The molecule has 1 amide bonds. The molecule has 1 aliphatic carbocycles. The number of ketones is 2. The quantitative estimate of drug-likeness (QED) is 0.155. The number of halogens is 2. The number of rotatable bonds is 1. The van der Waals surface area contributed by atoms with Gasteiger partial charge in [0, 0.05) is 11.1 Å². The molecule has 1 aromatic heterocycles. The average Bonchev–Trinajstić information content (AvgIpc) is 2.73. The summed E-state index contributed by atoms with van der Waals surface area (Å²) >= 11 is 5.55. The molecular weight excluding hydrogens is 501 g/mol. The van der Waals surface area contributed by atoms with Crippen LogP contribution in [0.3, 0.4) is 0 Å². The highest BCUT2D eigenvalue weighted by atomic mass is 35.5. The van der Waals surface area contributed by atoms with Gasteiger partial charge in [0.2, 0.25) is 5.78 Å². The predicted molar refractivity (Wildman–Crippen MR) is 131 cm³/mol. The molecule has 0 radical (unpaired) electrons.